The molecule has 0 aliphatic heterocycles. The Balaban J connectivity index is 2.03. The van der Waals surface area contributed by atoms with Gasteiger partial charge >= 0.3 is 0 Å². The van der Waals surface area contributed by atoms with Crippen LogP contribution >= 0.6 is 11.3 Å². The van der Waals surface area contributed by atoms with Crippen LogP contribution in [0.3, 0.4) is 0 Å². The molecule has 8 heteroatoms. The number of hydrogen-bond acceptors (Lipinski definition) is 6. The third kappa shape index (κ3) is 2.92. The molecule has 0 bridgehead atoms. The number of anilines is 1. The van der Waals surface area contributed by atoms with Crippen LogP contribution in [0.15, 0.2) is 23.0 Å². The Morgan fingerprint density at radius 1 is 1.23 bits per heavy atom. The van der Waals surface area contributed by atoms with E-state index < -0.39 is 0 Å². The van der Waals surface area contributed by atoms with Crippen LogP contribution in [0.25, 0.3) is 10.2 Å². The van der Waals surface area contributed by atoms with E-state index in [4.69, 9.17) is 9.47 Å². The Kier molecular flexibility index (Phi) is 4.69. The largest absolute Gasteiger partial charge is 0.497 e. The lowest BCUT2D eigenvalue weighted by atomic mass is 10.2. The molecule has 1 N–H and O–H groups in total. The third-order valence-corrected chi connectivity index (χ3v) is 5.44. The van der Waals surface area contributed by atoms with Crippen molar-refractivity contribution in [2.24, 2.45) is 7.05 Å². The SMILES string of the molecule is COc1ccc(NC(=O)c2sc3nc(C)n(C)c(=O)c3c2C)c(OC)c1. The van der Waals surface area contributed by atoms with Crippen molar-refractivity contribution in [3.05, 3.63) is 44.8 Å². The maximum atomic E-state index is 12.8. The molecule has 1 amide bonds. The summed E-state index contributed by atoms with van der Waals surface area (Å²) in [6, 6.07) is 5.13. The Labute approximate surface area is 154 Å². The zero-order chi connectivity index (χ0) is 19.0. The summed E-state index contributed by atoms with van der Waals surface area (Å²) in [5, 5.41) is 3.32. The van der Waals surface area contributed by atoms with Crippen molar-refractivity contribution in [2.75, 3.05) is 19.5 Å². The number of rotatable bonds is 4. The summed E-state index contributed by atoms with van der Waals surface area (Å²) in [5.74, 6) is 1.41. The van der Waals surface area contributed by atoms with Gasteiger partial charge in [0, 0.05) is 13.1 Å². The van der Waals surface area contributed by atoms with Crippen molar-refractivity contribution in [3.63, 3.8) is 0 Å². The summed E-state index contributed by atoms with van der Waals surface area (Å²) >= 11 is 1.21. The van der Waals surface area contributed by atoms with E-state index in [1.54, 1.807) is 46.2 Å². The first-order chi connectivity index (χ1) is 12.4. The molecular weight excluding hydrogens is 354 g/mol. The molecule has 0 atom stereocenters. The van der Waals surface area contributed by atoms with E-state index in [9.17, 15) is 9.59 Å². The zero-order valence-electron chi connectivity index (χ0n) is 15.2. The number of hydrogen-bond donors (Lipinski definition) is 1. The number of nitrogens with zero attached hydrogens (tertiary/aromatic N) is 2. The van der Waals surface area contributed by atoms with Gasteiger partial charge in [0.05, 0.1) is 30.2 Å². The van der Waals surface area contributed by atoms with Gasteiger partial charge in [-0.25, -0.2) is 4.98 Å². The molecule has 0 radical (unpaired) electrons. The van der Waals surface area contributed by atoms with Crippen LogP contribution in [0, 0.1) is 13.8 Å². The van der Waals surface area contributed by atoms with E-state index >= 15 is 0 Å². The van der Waals surface area contributed by atoms with Crippen LogP contribution in [0.2, 0.25) is 0 Å². The minimum Gasteiger partial charge on any atom is -0.497 e. The molecule has 0 unspecified atom stereocenters. The molecule has 0 spiro atoms. The maximum Gasteiger partial charge on any atom is 0.266 e. The molecule has 0 saturated carbocycles. The molecule has 3 aromatic rings. The number of benzene rings is 1. The summed E-state index contributed by atoms with van der Waals surface area (Å²) in [7, 11) is 4.75. The van der Waals surface area contributed by atoms with Gasteiger partial charge in [0.15, 0.2) is 0 Å². The molecule has 136 valence electrons. The fourth-order valence-corrected chi connectivity index (χ4v) is 3.78. The lowest BCUT2D eigenvalue weighted by Gasteiger charge is -2.11. The number of carbonyl (C=O) groups is 1. The topological polar surface area (TPSA) is 82.5 Å². The summed E-state index contributed by atoms with van der Waals surface area (Å²) in [6.07, 6.45) is 0. The second-order valence-electron chi connectivity index (χ2n) is 5.78. The highest BCUT2D eigenvalue weighted by molar-refractivity contribution is 7.20. The minimum atomic E-state index is -0.311. The molecule has 0 aliphatic carbocycles. The Bertz CT molecular complexity index is 1070. The molecule has 7 nitrogen and oxygen atoms in total. The molecule has 0 aliphatic rings. The third-order valence-electron chi connectivity index (χ3n) is 4.26. The van der Waals surface area contributed by atoms with E-state index in [2.05, 4.69) is 10.3 Å². The Morgan fingerprint density at radius 2 is 1.96 bits per heavy atom. The Hall–Kier alpha value is -2.87. The summed E-state index contributed by atoms with van der Waals surface area (Å²) in [5.41, 5.74) is 0.998. The lowest BCUT2D eigenvalue weighted by molar-refractivity contribution is 0.102. The summed E-state index contributed by atoms with van der Waals surface area (Å²) in [4.78, 5) is 30.7. The van der Waals surface area contributed by atoms with Crippen LogP contribution in [-0.2, 0) is 7.05 Å². The summed E-state index contributed by atoms with van der Waals surface area (Å²) in [6.45, 7) is 3.52. The van der Waals surface area contributed by atoms with Gasteiger partial charge in [-0.1, -0.05) is 0 Å². The fourth-order valence-electron chi connectivity index (χ4n) is 2.66. The number of methoxy groups -OCH3 is 2. The minimum absolute atomic E-state index is 0.151. The van der Waals surface area contributed by atoms with Gasteiger partial charge in [-0.2, -0.15) is 0 Å². The number of thiophene rings is 1. The predicted molar refractivity (Wildman–Crippen MR) is 102 cm³/mol. The summed E-state index contributed by atoms with van der Waals surface area (Å²) < 4.78 is 11.9. The van der Waals surface area contributed by atoms with Crippen molar-refractivity contribution in [1.82, 2.24) is 9.55 Å². The highest BCUT2D eigenvalue weighted by Crippen LogP contribution is 2.32. The van der Waals surface area contributed by atoms with Gasteiger partial charge in [0.2, 0.25) is 0 Å². The number of ether oxygens (including phenoxy) is 2. The first kappa shape index (κ1) is 17.9. The van der Waals surface area contributed by atoms with Gasteiger partial charge in [-0.15, -0.1) is 11.3 Å². The standard InChI is InChI=1S/C18H19N3O4S/c1-9-14-17(19-10(2)21(3)18(14)23)26-15(9)16(22)20-12-7-6-11(24-4)8-13(12)25-5/h6-8H,1-5H3,(H,20,22). The van der Waals surface area contributed by atoms with Gasteiger partial charge < -0.3 is 14.8 Å². The van der Waals surface area contributed by atoms with Crippen molar-refractivity contribution in [2.45, 2.75) is 13.8 Å². The average Bonchev–Trinajstić information content (AvgIpc) is 2.96. The van der Waals surface area contributed by atoms with Crippen LogP contribution in [0.5, 0.6) is 11.5 Å². The number of amides is 1. The first-order valence-electron chi connectivity index (χ1n) is 7.87. The quantitative estimate of drug-likeness (QED) is 0.760. The molecule has 26 heavy (non-hydrogen) atoms. The van der Waals surface area contributed by atoms with Gasteiger partial charge in [0.25, 0.3) is 11.5 Å². The highest BCUT2D eigenvalue weighted by atomic mass is 32.1. The Morgan fingerprint density at radius 3 is 2.62 bits per heavy atom. The number of aryl methyl sites for hydroxylation is 2. The maximum absolute atomic E-state index is 12.8. The van der Waals surface area contributed by atoms with E-state index in [1.807, 2.05) is 0 Å². The van der Waals surface area contributed by atoms with Crippen LogP contribution < -0.4 is 20.3 Å². The molecule has 1 aromatic carbocycles. The van der Waals surface area contributed by atoms with Crippen LogP contribution in [0.1, 0.15) is 21.1 Å². The second kappa shape index (κ2) is 6.80. The first-order valence-corrected chi connectivity index (χ1v) is 8.69. The van der Waals surface area contributed by atoms with Crippen molar-refractivity contribution >= 4 is 33.1 Å². The normalized spacial score (nSPS) is 10.8. The van der Waals surface area contributed by atoms with Gasteiger partial charge in [0.1, 0.15) is 22.2 Å². The number of carbonyl (C=O) groups excluding carboxylic acids is 1. The van der Waals surface area contributed by atoms with Gasteiger partial charge in [-0.05, 0) is 31.5 Å². The fraction of sp³-hybridized carbons (Fsp3) is 0.278. The number of nitrogens with one attached hydrogen (secondary N) is 1. The van der Waals surface area contributed by atoms with E-state index in [0.29, 0.717) is 43.7 Å². The molecule has 2 heterocycles. The smallest absolute Gasteiger partial charge is 0.266 e. The monoisotopic (exact) mass is 373 g/mol. The second-order valence-corrected chi connectivity index (χ2v) is 6.78. The van der Waals surface area contributed by atoms with Crippen LogP contribution in [-0.4, -0.2) is 29.7 Å². The predicted octanol–water partition coefficient (Wildman–Crippen LogP) is 2.88. The molecular formula is C18H19N3O4S. The van der Waals surface area contributed by atoms with Gasteiger partial charge in [-0.3, -0.25) is 14.2 Å². The lowest BCUT2D eigenvalue weighted by Crippen LogP contribution is -2.20. The molecule has 0 saturated heterocycles. The molecule has 0 fully saturated rings. The number of aromatic nitrogens is 2. The average molecular weight is 373 g/mol. The van der Waals surface area contributed by atoms with Crippen molar-refractivity contribution in [1.29, 1.82) is 0 Å². The zero-order valence-corrected chi connectivity index (χ0v) is 16.0. The molecule has 2 aromatic heterocycles. The van der Waals surface area contributed by atoms with Crippen molar-refractivity contribution in [3.8, 4) is 11.5 Å². The van der Waals surface area contributed by atoms with Crippen molar-refractivity contribution < 1.29 is 14.3 Å². The van der Waals surface area contributed by atoms with E-state index in [0.717, 1.165) is 0 Å². The van der Waals surface area contributed by atoms with E-state index in [-0.39, 0.29) is 11.5 Å². The molecule has 3 rings (SSSR count). The van der Waals surface area contributed by atoms with E-state index in [1.165, 1.54) is 23.0 Å². The highest BCUT2D eigenvalue weighted by Gasteiger charge is 2.21. The van der Waals surface area contributed by atoms with Crippen LogP contribution in [0.4, 0.5) is 5.69 Å². The number of fused-ring (bicyclic) bond motifs is 1.